The van der Waals surface area contributed by atoms with Gasteiger partial charge in [0.2, 0.25) is 0 Å². The van der Waals surface area contributed by atoms with Crippen LogP contribution in [0.1, 0.15) is 31.7 Å². The third-order valence-corrected chi connectivity index (χ3v) is 1.44. The van der Waals surface area contributed by atoms with Crippen LogP contribution < -0.4 is 0 Å². The second-order valence-electron chi connectivity index (χ2n) is 2.14. The lowest BCUT2D eigenvalue weighted by Crippen LogP contribution is -1.71. The molecule has 0 aliphatic heterocycles. The average Bonchev–Trinajstić information content (AvgIpc) is 2.46. The van der Waals surface area contributed by atoms with E-state index in [9.17, 15) is 0 Å². The van der Waals surface area contributed by atoms with E-state index in [0.717, 1.165) is 17.9 Å². The minimum Gasteiger partial charge on any atom is -0.443 e. The normalized spacial score (nSPS) is 12.8. The van der Waals surface area contributed by atoms with E-state index in [2.05, 4.69) is 11.1 Å². The van der Waals surface area contributed by atoms with E-state index in [-0.39, 0.29) is 0 Å². The second-order valence-corrected chi connectivity index (χ2v) is 2.14. The summed E-state index contributed by atoms with van der Waals surface area (Å²) in [4.78, 5) is 4.01. The van der Waals surface area contributed by atoms with Gasteiger partial charge < -0.3 is 4.42 Å². The zero-order valence-electron chi connectivity index (χ0n) is 7.45. The molecule has 2 rings (SSSR count). The Morgan fingerprint density at radius 3 is 2.83 bits per heavy atom. The molecule has 0 spiro atoms. The van der Waals surface area contributed by atoms with Crippen molar-refractivity contribution >= 4 is 12.2 Å². The maximum atomic E-state index is 5.09. The zero-order chi connectivity index (χ0) is 8.81. The Balaban J connectivity index is 0.000000336. The van der Waals surface area contributed by atoms with Crippen LogP contribution in [0.5, 0.6) is 0 Å². The number of rotatable bonds is 0. The summed E-state index contributed by atoms with van der Waals surface area (Å²) >= 11 is 0. The van der Waals surface area contributed by atoms with Gasteiger partial charge >= 0.3 is 0 Å². The number of fused-ring (bicyclic) bond motifs is 1. The molecule has 0 saturated carbocycles. The Hall–Kier alpha value is -1.31. The molecule has 0 N–H and O–H groups in total. The first kappa shape index (κ1) is 8.78. The number of aromatic nitrogens is 1. The Morgan fingerprint density at radius 1 is 1.25 bits per heavy atom. The first-order valence-corrected chi connectivity index (χ1v) is 4.23. The fourth-order valence-electron chi connectivity index (χ4n) is 0.947. The van der Waals surface area contributed by atoms with Crippen molar-refractivity contribution in [2.45, 2.75) is 20.3 Å². The van der Waals surface area contributed by atoms with Gasteiger partial charge in [-0.2, -0.15) is 0 Å². The number of hydrogen-bond acceptors (Lipinski definition) is 2. The number of oxazole rings is 1. The Kier molecular flexibility index (Phi) is 3.33. The minimum absolute atomic E-state index is 0.855. The highest BCUT2D eigenvalue weighted by Crippen LogP contribution is 2.14. The smallest absolute Gasteiger partial charge is 0.181 e. The van der Waals surface area contributed by atoms with Gasteiger partial charge in [0, 0.05) is 0 Å². The van der Waals surface area contributed by atoms with Crippen LogP contribution in [0.4, 0.5) is 0 Å². The van der Waals surface area contributed by atoms with E-state index < -0.39 is 0 Å². The maximum absolute atomic E-state index is 5.09. The van der Waals surface area contributed by atoms with Crippen molar-refractivity contribution in [3.8, 4) is 0 Å². The molecule has 64 valence electrons. The van der Waals surface area contributed by atoms with E-state index in [1.54, 1.807) is 0 Å². The van der Waals surface area contributed by atoms with Crippen molar-refractivity contribution in [1.82, 2.24) is 4.98 Å². The summed E-state index contributed by atoms with van der Waals surface area (Å²) in [7, 11) is 0. The van der Waals surface area contributed by atoms with Gasteiger partial charge in [-0.05, 0) is 18.6 Å². The van der Waals surface area contributed by atoms with Crippen LogP contribution in [-0.4, -0.2) is 4.98 Å². The molecule has 0 radical (unpaired) electrons. The molecule has 12 heavy (non-hydrogen) atoms. The predicted molar refractivity (Wildman–Crippen MR) is 50.5 cm³/mol. The summed E-state index contributed by atoms with van der Waals surface area (Å²) in [5, 5.41) is 0. The van der Waals surface area contributed by atoms with Crippen molar-refractivity contribution < 1.29 is 4.42 Å². The van der Waals surface area contributed by atoms with Crippen molar-refractivity contribution in [2.24, 2.45) is 0 Å². The van der Waals surface area contributed by atoms with Gasteiger partial charge in [-0.15, -0.1) is 0 Å². The third-order valence-electron chi connectivity index (χ3n) is 1.44. The topological polar surface area (TPSA) is 26.0 Å². The average molecular weight is 163 g/mol. The Bertz CT molecular complexity index is 257. The molecule has 1 aromatic rings. The first-order chi connectivity index (χ1) is 5.97. The molecule has 0 fully saturated rings. The molecule has 0 saturated heterocycles. The van der Waals surface area contributed by atoms with Gasteiger partial charge in [-0.25, -0.2) is 4.98 Å². The van der Waals surface area contributed by atoms with E-state index in [1.165, 1.54) is 6.39 Å². The quantitative estimate of drug-likeness (QED) is 0.587. The van der Waals surface area contributed by atoms with E-state index in [4.69, 9.17) is 4.42 Å². The summed E-state index contributed by atoms with van der Waals surface area (Å²) in [5.74, 6) is 0.855. The van der Waals surface area contributed by atoms with Gasteiger partial charge in [0.1, 0.15) is 5.69 Å². The SMILES string of the molecule is C1=Cc2ncoc2C=CC1.CC. The van der Waals surface area contributed by atoms with E-state index in [1.807, 2.05) is 32.1 Å². The largest absolute Gasteiger partial charge is 0.443 e. The monoisotopic (exact) mass is 163 g/mol. The van der Waals surface area contributed by atoms with Gasteiger partial charge in [-0.1, -0.05) is 26.0 Å². The van der Waals surface area contributed by atoms with Crippen molar-refractivity contribution in [2.75, 3.05) is 0 Å². The highest BCUT2D eigenvalue weighted by molar-refractivity contribution is 5.60. The lowest BCUT2D eigenvalue weighted by atomic mass is 10.3. The van der Waals surface area contributed by atoms with Crippen LogP contribution in [0, 0.1) is 0 Å². The standard InChI is InChI=1S/C8H7NO.C2H6/c1-2-4-7-8(5-3-1)10-6-9-7;1-2/h2-6H,1H2;1-2H3. The maximum Gasteiger partial charge on any atom is 0.181 e. The molecule has 0 bridgehead atoms. The Morgan fingerprint density at radius 2 is 2.00 bits per heavy atom. The molecule has 2 nitrogen and oxygen atoms in total. The number of allylic oxidation sites excluding steroid dienone is 2. The van der Waals surface area contributed by atoms with Crippen molar-refractivity contribution in [3.05, 3.63) is 30.0 Å². The molecular formula is C10H13NO. The molecule has 0 atom stereocenters. The predicted octanol–water partition coefficient (Wildman–Crippen LogP) is 3.13. The number of hydrogen-bond donors (Lipinski definition) is 0. The van der Waals surface area contributed by atoms with Gasteiger partial charge in [0.25, 0.3) is 0 Å². The van der Waals surface area contributed by atoms with Crippen LogP contribution in [0.15, 0.2) is 23.0 Å². The summed E-state index contributed by atoms with van der Waals surface area (Å²) in [5.41, 5.74) is 0.925. The van der Waals surface area contributed by atoms with Crippen molar-refractivity contribution in [1.29, 1.82) is 0 Å². The summed E-state index contributed by atoms with van der Waals surface area (Å²) < 4.78 is 5.09. The molecule has 1 heterocycles. The van der Waals surface area contributed by atoms with Crippen molar-refractivity contribution in [3.63, 3.8) is 0 Å². The van der Waals surface area contributed by atoms with Gasteiger partial charge in [0.15, 0.2) is 12.2 Å². The van der Waals surface area contributed by atoms with Crippen LogP contribution >= 0.6 is 0 Å². The van der Waals surface area contributed by atoms with Crippen LogP contribution in [-0.2, 0) is 0 Å². The van der Waals surface area contributed by atoms with E-state index >= 15 is 0 Å². The molecule has 0 aromatic carbocycles. The van der Waals surface area contributed by atoms with E-state index in [0.29, 0.717) is 0 Å². The molecule has 2 heteroatoms. The van der Waals surface area contributed by atoms with Crippen LogP contribution in [0.3, 0.4) is 0 Å². The Labute approximate surface area is 72.6 Å². The zero-order valence-corrected chi connectivity index (χ0v) is 7.45. The summed E-state index contributed by atoms with van der Waals surface area (Å²) in [6, 6.07) is 0. The minimum atomic E-state index is 0.855. The number of nitrogens with zero attached hydrogens (tertiary/aromatic N) is 1. The molecule has 0 amide bonds. The molecule has 0 unspecified atom stereocenters. The lowest BCUT2D eigenvalue weighted by molar-refractivity contribution is 0.548. The molecule has 1 aliphatic rings. The summed E-state index contributed by atoms with van der Waals surface area (Å²) in [6.45, 7) is 4.00. The lowest BCUT2D eigenvalue weighted by Gasteiger charge is -1.81. The second kappa shape index (κ2) is 4.54. The summed E-state index contributed by atoms with van der Waals surface area (Å²) in [6.07, 6.45) is 10.5. The van der Waals surface area contributed by atoms with Gasteiger partial charge in [0.05, 0.1) is 0 Å². The van der Waals surface area contributed by atoms with Crippen LogP contribution in [0.2, 0.25) is 0 Å². The van der Waals surface area contributed by atoms with Gasteiger partial charge in [-0.3, -0.25) is 0 Å². The molecule has 1 aromatic heterocycles. The fourth-order valence-corrected chi connectivity index (χ4v) is 0.947. The molecular weight excluding hydrogens is 150 g/mol. The van der Waals surface area contributed by atoms with Crippen LogP contribution in [0.25, 0.3) is 12.2 Å². The highest BCUT2D eigenvalue weighted by atomic mass is 16.3. The third kappa shape index (κ3) is 1.84. The fraction of sp³-hybridized carbons (Fsp3) is 0.300. The highest BCUT2D eigenvalue weighted by Gasteiger charge is 2.01. The first-order valence-electron chi connectivity index (χ1n) is 4.23. The molecule has 1 aliphatic carbocycles.